The Labute approximate surface area is 154 Å². The molecule has 7 nitrogen and oxygen atoms in total. The van der Waals surface area contributed by atoms with Gasteiger partial charge in [0.2, 0.25) is 5.91 Å². The Hall–Kier alpha value is -3.06. The Morgan fingerprint density at radius 2 is 2.00 bits per heavy atom. The zero-order chi connectivity index (χ0) is 18.7. The van der Waals surface area contributed by atoms with Gasteiger partial charge in [0.05, 0.1) is 28.6 Å². The smallest absolute Gasteiger partial charge is 0.262 e. The molecule has 0 radical (unpaired) electrons. The van der Waals surface area contributed by atoms with Gasteiger partial charge in [-0.05, 0) is 25.1 Å². The molecule has 0 fully saturated rings. The Bertz CT molecular complexity index is 898. The molecule has 0 atom stereocenters. The fraction of sp³-hybridized carbons (Fsp3) is 0.167. The number of carbonyl (C=O) groups is 3. The molecule has 26 heavy (non-hydrogen) atoms. The van der Waals surface area contributed by atoms with E-state index in [2.05, 4.69) is 16.0 Å². The molecule has 3 N–H and O–H groups in total. The van der Waals surface area contributed by atoms with Gasteiger partial charge in [-0.3, -0.25) is 14.4 Å². The number of nitrogens with one attached hydrogen (secondary N) is 3. The number of carbonyl (C=O) groups excluding carboxylic acids is 3. The van der Waals surface area contributed by atoms with Gasteiger partial charge in [0.1, 0.15) is 5.75 Å². The maximum absolute atomic E-state index is 12.2. The van der Waals surface area contributed by atoms with Crippen molar-refractivity contribution in [3.8, 4) is 5.75 Å². The zero-order valence-electron chi connectivity index (χ0n) is 13.9. The van der Waals surface area contributed by atoms with Crippen LogP contribution < -0.4 is 20.7 Å². The number of ether oxygens (including phenoxy) is 1. The van der Waals surface area contributed by atoms with Crippen molar-refractivity contribution in [3.63, 3.8) is 0 Å². The second-order valence-corrected chi connectivity index (χ2v) is 6.08. The molecule has 134 valence electrons. The summed E-state index contributed by atoms with van der Waals surface area (Å²) < 4.78 is 5.33. The van der Waals surface area contributed by atoms with Crippen molar-refractivity contribution in [1.82, 2.24) is 0 Å². The number of halogens is 1. The Balaban J connectivity index is 1.67. The van der Waals surface area contributed by atoms with Gasteiger partial charge in [0.15, 0.2) is 12.4 Å². The minimum absolute atomic E-state index is 0.0584. The van der Waals surface area contributed by atoms with E-state index >= 15 is 0 Å². The van der Waals surface area contributed by atoms with E-state index in [1.807, 2.05) is 0 Å². The van der Waals surface area contributed by atoms with Crippen LogP contribution in [0.2, 0.25) is 5.02 Å². The second-order valence-electron chi connectivity index (χ2n) is 5.67. The third-order valence-electron chi connectivity index (χ3n) is 3.72. The first-order valence-electron chi connectivity index (χ1n) is 7.84. The summed E-state index contributed by atoms with van der Waals surface area (Å²) >= 11 is 6.17. The molecule has 0 saturated heterocycles. The van der Waals surface area contributed by atoms with Crippen LogP contribution in [0.5, 0.6) is 5.75 Å². The molecule has 8 heteroatoms. The summed E-state index contributed by atoms with van der Waals surface area (Å²) in [7, 11) is 0. The predicted octanol–water partition coefficient (Wildman–Crippen LogP) is 2.92. The van der Waals surface area contributed by atoms with Gasteiger partial charge in [-0.25, -0.2) is 0 Å². The van der Waals surface area contributed by atoms with E-state index in [0.29, 0.717) is 33.4 Å². The van der Waals surface area contributed by atoms with Gasteiger partial charge < -0.3 is 20.7 Å². The molecule has 0 spiro atoms. The van der Waals surface area contributed by atoms with Crippen molar-refractivity contribution in [2.75, 3.05) is 29.1 Å². The zero-order valence-corrected chi connectivity index (χ0v) is 14.6. The standard InChI is InChI=1S/C18H16ClN3O4/c1-10(23)11-4-2-3-5-13(11)21-17(24)8-20-14-7-16-15(6-12(14)19)22-18(25)9-26-16/h2-7,20H,8-9H2,1H3,(H,21,24)(H,22,25). The highest BCUT2D eigenvalue weighted by atomic mass is 35.5. The molecule has 0 aliphatic carbocycles. The lowest BCUT2D eigenvalue weighted by atomic mass is 10.1. The van der Waals surface area contributed by atoms with E-state index in [9.17, 15) is 14.4 Å². The number of hydrogen-bond donors (Lipinski definition) is 3. The maximum atomic E-state index is 12.2. The number of rotatable bonds is 5. The molecule has 1 heterocycles. The molecule has 0 unspecified atom stereocenters. The first-order valence-corrected chi connectivity index (χ1v) is 8.21. The average Bonchev–Trinajstić information content (AvgIpc) is 2.60. The van der Waals surface area contributed by atoms with Crippen LogP contribution in [0.3, 0.4) is 0 Å². The monoisotopic (exact) mass is 373 g/mol. The van der Waals surface area contributed by atoms with Crippen LogP contribution >= 0.6 is 11.6 Å². The highest BCUT2D eigenvalue weighted by Crippen LogP contribution is 2.36. The molecular formula is C18H16ClN3O4. The van der Waals surface area contributed by atoms with Crippen molar-refractivity contribution >= 4 is 46.3 Å². The van der Waals surface area contributed by atoms with Gasteiger partial charge in [-0.2, -0.15) is 0 Å². The summed E-state index contributed by atoms with van der Waals surface area (Å²) in [5.74, 6) is -0.246. The Morgan fingerprint density at radius 3 is 2.77 bits per heavy atom. The van der Waals surface area contributed by atoms with E-state index in [-0.39, 0.29) is 30.7 Å². The highest BCUT2D eigenvalue weighted by molar-refractivity contribution is 6.33. The first kappa shape index (κ1) is 17.8. The van der Waals surface area contributed by atoms with Gasteiger partial charge in [0.25, 0.3) is 5.91 Å². The van der Waals surface area contributed by atoms with Gasteiger partial charge in [-0.15, -0.1) is 0 Å². The summed E-state index contributed by atoms with van der Waals surface area (Å²) in [6, 6.07) is 9.96. The highest BCUT2D eigenvalue weighted by Gasteiger charge is 2.18. The Morgan fingerprint density at radius 1 is 1.23 bits per heavy atom. The first-order chi connectivity index (χ1) is 12.4. The minimum atomic E-state index is -0.332. The summed E-state index contributed by atoms with van der Waals surface area (Å²) in [4.78, 5) is 35.1. The number of fused-ring (bicyclic) bond motifs is 1. The van der Waals surface area contributed by atoms with E-state index in [0.717, 1.165) is 0 Å². The molecule has 0 aromatic heterocycles. The second kappa shape index (κ2) is 7.45. The lowest BCUT2D eigenvalue weighted by Gasteiger charge is -2.20. The van der Waals surface area contributed by atoms with Crippen LogP contribution in [0.4, 0.5) is 17.1 Å². The average molecular weight is 374 g/mol. The fourth-order valence-electron chi connectivity index (χ4n) is 2.50. The van der Waals surface area contributed by atoms with Crippen molar-refractivity contribution < 1.29 is 19.1 Å². The number of amides is 2. The summed E-state index contributed by atoms with van der Waals surface area (Å²) in [5, 5.41) is 8.61. The van der Waals surface area contributed by atoms with E-state index in [1.54, 1.807) is 36.4 Å². The van der Waals surface area contributed by atoms with Crippen LogP contribution in [0.25, 0.3) is 0 Å². The van der Waals surface area contributed by atoms with Crippen LogP contribution in [0.15, 0.2) is 36.4 Å². The van der Waals surface area contributed by atoms with Crippen molar-refractivity contribution in [3.05, 3.63) is 47.0 Å². The van der Waals surface area contributed by atoms with E-state index in [4.69, 9.17) is 16.3 Å². The summed E-state index contributed by atoms with van der Waals surface area (Å²) in [5.41, 5.74) is 1.87. The molecule has 2 amide bonds. The van der Waals surface area contributed by atoms with Crippen LogP contribution in [0, 0.1) is 0 Å². The summed E-state index contributed by atoms with van der Waals surface area (Å²) in [6.07, 6.45) is 0. The molecule has 2 aromatic rings. The van der Waals surface area contributed by atoms with Crippen LogP contribution in [-0.4, -0.2) is 30.7 Å². The largest absolute Gasteiger partial charge is 0.482 e. The molecule has 1 aliphatic rings. The third-order valence-corrected chi connectivity index (χ3v) is 4.03. The van der Waals surface area contributed by atoms with Gasteiger partial charge >= 0.3 is 0 Å². The molecule has 1 aliphatic heterocycles. The molecule has 2 aromatic carbocycles. The lowest BCUT2D eigenvalue weighted by molar-refractivity contribution is -0.118. The number of benzene rings is 2. The van der Waals surface area contributed by atoms with Gasteiger partial charge in [-0.1, -0.05) is 23.7 Å². The van der Waals surface area contributed by atoms with Crippen molar-refractivity contribution in [2.24, 2.45) is 0 Å². The normalized spacial score (nSPS) is 12.5. The van der Waals surface area contributed by atoms with E-state index < -0.39 is 0 Å². The quantitative estimate of drug-likeness (QED) is 0.700. The summed E-state index contributed by atoms with van der Waals surface area (Å²) in [6.45, 7) is 1.31. The van der Waals surface area contributed by atoms with Gasteiger partial charge in [0, 0.05) is 11.6 Å². The minimum Gasteiger partial charge on any atom is -0.482 e. The predicted molar refractivity (Wildman–Crippen MR) is 99.1 cm³/mol. The number of ketones is 1. The fourth-order valence-corrected chi connectivity index (χ4v) is 2.74. The number of anilines is 3. The molecule has 0 saturated carbocycles. The Kier molecular flexibility index (Phi) is 5.09. The maximum Gasteiger partial charge on any atom is 0.262 e. The number of hydrogen-bond acceptors (Lipinski definition) is 5. The third kappa shape index (κ3) is 3.94. The van der Waals surface area contributed by atoms with Crippen molar-refractivity contribution in [1.29, 1.82) is 0 Å². The topological polar surface area (TPSA) is 96.5 Å². The SMILES string of the molecule is CC(=O)c1ccccc1NC(=O)CNc1cc2c(cc1Cl)NC(=O)CO2. The van der Waals surface area contributed by atoms with Crippen LogP contribution in [-0.2, 0) is 9.59 Å². The number of Topliss-reactive ketones (excluding diaryl/α,β-unsaturated/α-hetero) is 1. The molecular weight excluding hydrogens is 358 g/mol. The van der Waals surface area contributed by atoms with Crippen LogP contribution in [0.1, 0.15) is 17.3 Å². The molecule has 3 rings (SSSR count). The molecule has 0 bridgehead atoms. The number of para-hydroxylation sites is 1. The lowest BCUT2D eigenvalue weighted by Crippen LogP contribution is -2.26. The van der Waals surface area contributed by atoms with E-state index in [1.165, 1.54) is 6.92 Å². The van der Waals surface area contributed by atoms with Crippen molar-refractivity contribution in [2.45, 2.75) is 6.92 Å².